The summed E-state index contributed by atoms with van der Waals surface area (Å²) in [5, 5.41) is 7.07. The number of nitrogens with one attached hydrogen (secondary N) is 1. The first-order valence-electron chi connectivity index (χ1n) is 7.18. The zero-order chi connectivity index (χ0) is 15.1. The van der Waals surface area contributed by atoms with Crippen molar-refractivity contribution >= 4 is 0 Å². The summed E-state index contributed by atoms with van der Waals surface area (Å²) in [6, 6.07) is 7.78. The van der Waals surface area contributed by atoms with Gasteiger partial charge in [0.1, 0.15) is 29.6 Å². The maximum Gasteiger partial charge on any atom is 0.134 e. The summed E-state index contributed by atoms with van der Waals surface area (Å²) in [7, 11) is 1.91. The van der Waals surface area contributed by atoms with Gasteiger partial charge in [0.15, 0.2) is 0 Å². The van der Waals surface area contributed by atoms with Gasteiger partial charge in [-0.2, -0.15) is 0 Å². The lowest BCUT2D eigenvalue weighted by Gasteiger charge is -2.13. The zero-order valence-corrected chi connectivity index (χ0v) is 12.8. The van der Waals surface area contributed by atoms with Crippen molar-refractivity contribution in [3.63, 3.8) is 0 Å². The van der Waals surface area contributed by atoms with E-state index in [1.54, 1.807) is 0 Å². The van der Waals surface area contributed by atoms with Gasteiger partial charge in [-0.05, 0) is 26.5 Å². The molecule has 114 valence electrons. The highest BCUT2D eigenvalue weighted by Crippen LogP contribution is 2.26. The molecule has 0 radical (unpaired) electrons. The van der Waals surface area contributed by atoms with E-state index in [2.05, 4.69) is 17.4 Å². The van der Waals surface area contributed by atoms with Crippen LogP contribution in [-0.2, 0) is 13.2 Å². The van der Waals surface area contributed by atoms with Crippen LogP contribution in [0, 0.1) is 6.92 Å². The van der Waals surface area contributed by atoms with E-state index < -0.39 is 0 Å². The average Bonchev–Trinajstić information content (AvgIpc) is 2.90. The van der Waals surface area contributed by atoms with Crippen LogP contribution in [0.4, 0.5) is 0 Å². The molecular formula is C16H22N2O3. The Labute approximate surface area is 125 Å². The third-order valence-corrected chi connectivity index (χ3v) is 2.93. The molecule has 0 amide bonds. The van der Waals surface area contributed by atoms with Crippen LogP contribution in [0.15, 0.2) is 28.8 Å². The molecule has 1 aromatic carbocycles. The van der Waals surface area contributed by atoms with Gasteiger partial charge in [-0.25, -0.2) is 0 Å². The van der Waals surface area contributed by atoms with E-state index in [9.17, 15) is 0 Å². The topological polar surface area (TPSA) is 56.5 Å². The third-order valence-electron chi connectivity index (χ3n) is 2.93. The Morgan fingerprint density at radius 2 is 2.10 bits per heavy atom. The summed E-state index contributed by atoms with van der Waals surface area (Å²) in [4.78, 5) is 0. The third kappa shape index (κ3) is 4.49. The quantitative estimate of drug-likeness (QED) is 0.809. The van der Waals surface area contributed by atoms with Crippen LogP contribution in [0.2, 0.25) is 0 Å². The first-order chi connectivity index (χ1) is 10.2. The van der Waals surface area contributed by atoms with Crippen LogP contribution >= 0.6 is 0 Å². The number of rotatable bonds is 8. The Kier molecular flexibility index (Phi) is 5.63. The molecule has 0 aliphatic carbocycles. The van der Waals surface area contributed by atoms with Gasteiger partial charge in [0.2, 0.25) is 0 Å². The Bertz CT molecular complexity index is 566. The Balaban J connectivity index is 2.09. The fourth-order valence-electron chi connectivity index (χ4n) is 1.95. The molecule has 0 bridgehead atoms. The number of aryl methyl sites for hydroxylation is 1. The van der Waals surface area contributed by atoms with Crippen molar-refractivity contribution in [1.29, 1.82) is 0 Å². The summed E-state index contributed by atoms with van der Waals surface area (Å²) in [5.41, 5.74) is 1.87. The molecule has 0 atom stereocenters. The van der Waals surface area contributed by atoms with Gasteiger partial charge in [-0.3, -0.25) is 0 Å². The molecule has 1 heterocycles. The van der Waals surface area contributed by atoms with E-state index in [1.165, 1.54) is 0 Å². The minimum atomic E-state index is 0.380. The van der Waals surface area contributed by atoms with Gasteiger partial charge in [-0.15, -0.1) is 0 Å². The molecule has 1 aromatic heterocycles. The molecule has 2 aromatic rings. The molecule has 0 unspecified atom stereocenters. The first-order valence-corrected chi connectivity index (χ1v) is 7.18. The van der Waals surface area contributed by atoms with Crippen molar-refractivity contribution in [3.8, 4) is 11.5 Å². The minimum absolute atomic E-state index is 0.380. The summed E-state index contributed by atoms with van der Waals surface area (Å²) >= 11 is 0. The molecule has 0 aliphatic rings. The van der Waals surface area contributed by atoms with E-state index in [1.807, 2.05) is 38.2 Å². The maximum absolute atomic E-state index is 5.87. The number of nitrogens with zero attached hydrogens (tertiary/aromatic N) is 1. The standard InChI is InChI=1S/C16H22N2O3/c1-4-7-19-15-6-5-13(10-17-3)16(9-15)20-11-14-8-12(2)21-18-14/h5-6,8-9,17H,4,7,10-11H2,1-3H3. The lowest BCUT2D eigenvalue weighted by molar-refractivity contribution is 0.279. The van der Waals surface area contributed by atoms with Gasteiger partial charge in [-0.1, -0.05) is 18.1 Å². The lowest BCUT2D eigenvalue weighted by atomic mass is 10.2. The summed E-state index contributed by atoms with van der Waals surface area (Å²) in [5.74, 6) is 2.41. The number of aromatic nitrogens is 1. The second-order valence-electron chi connectivity index (χ2n) is 4.87. The Morgan fingerprint density at radius 1 is 1.24 bits per heavy atom. The van der Waals surface area contributed by atoms with Gasteiger partial charge in [0.25, 0.3) is 0 Å². The van der Waals surface area contributed by atoms with Crippen molar-refractivity contribution in [2.75, 3.05) is 13.7 Å². The van der Waals surface area contributed by atoms with E-state index in [0.717, 1.165) is 41.5 Å². The van der Waals surface area contributed by atoms with Crippen molar-refractivity contribution < 1.29 is 14.0 Å². The average molecular weight is 290 g/mol. The van der Waals surface area contributed by atoms with E-state index in [0.29, 0.717) is 13.2 Å². The molecule has 5 heteroatoms. The predicted octanol–water partition coefficient (Wildman–Crippen LogP) is 3.07. The zero-order valence-electron chi connectivity index (χ0n) is 12.8. The second-order valence-corrected chi connectivity index (χ2v) is 4.87. The predicted molar refractivity (Wildman–Crippen MR) is 80.6 cm³/mol. The van der Waals surface area contributed by atoms with Crippen molar-refractivity contribution in [2.24, 2.45) is 0 Å². The van der Waals surface area contributed by atoms with E-state index >= 15 is 0 Å². The molecule has 2 rings (SSSR count). The molecule has 21 heavy (non-hydrogen) atoms. The minimum Gasteiger partial charge on any atom is -0.493 e. The largest absolute Gasteiger partial charge is 0.493 e. The Hall–Kier alpha value is -2.01. The van der Waals surface area contributed by atoms with Crippen LogP contribution < -0.4 is 14.8 Å². The molecule has 5 nitrogen and oxygen atoms in total. The van der Waals surface area contributed by atoms with Gasteiger partial charge < -0.3 is 19.3 Å². The number of hydrogen-bond acceptors (Lipinski definition) is 5. The number of hydrogen-bond donors (Lipinski definition) is 1. The van der Waals surface area contributed by atoms with Crippen molar-refractivity contribution in [2.45, 2.75) is 33.4 Å². The van der Waals surface area contributed by atoms with Crippen LogP contribution in [0.5, 0.6) is 11.5 Å². The molecule has 0 saturated heterocycles. The molecular weight excluding hydrogens is 268 g/mol. The molecule has 0 spiro atoms. The van der Waals surface area contributed by atoms with Gasteiger partial charge in [0, 0.05) is 24.2 Å². The van der Waals surface area contributed by atoms with Crippen LogP contribution in [0.3, 0.4) is 0 Å². The van der Waals surface area contributed by atoms with Gasteiger partial charge in [0.05, 0.1) is 6.61 Å². The summed E-state index contributed by atoms with van der Waals surface area (Å²) in [6.07, 6.45) is 0.979. The maximum atomic E-state index is 5.87. The molecule has 0 saturated carbocycles. The molecule has 0 aliphatic heterocycles. The molecule has 1 N–H and O–H groups in total. The number of benzene rings is 1. The van der Waals surface area contributed by atoms with Gasteiger partial charge >= 0.3 is 0 Å². The second kappa shape index (κ2) is 7.69. The summed E-state index contributed by atoms with van der Waals surface area (Å²) in [6.45, 7) is 5.77. The van der Waals surface area contributed by atoms with Crippen molar-refractivity contribution in [3.05, 3.63) is 41.3 Å². The number of ether oxygens (including phenoxy) is 2. The highest BCUT2D eigenvalue weighted by atomic mass is 16.5. The normalized spacial score (nSPS) is 10.6. The highest BCUT2D eigenvalue weighted by molar-refractivity contribution is 5.40. The Morgan fingerprint density at radius 3 is 2.76 bits per heavy atom. The first kappa shape index (κ1) is 15.4. The van der Waals surface area contributed by atoms with Crippen molar-refractivity contribution in [1.82, 2.24) is 10.5 Å². The lowest BCUT2D eigenvalue weighted by Crippen LogP contribution is -2.08. The van der Waals surface area contributed by atoms with Crippen LogP contribution in [0.25, 0.3) is 0 Å². The summed E-state index contributed by atoms with van der Waals surface area (Å²) < 4.78 is 16.6. The highest BCUT2D eigenvalue weighted by Gasteiger charge is 2.08. The smallest absolute Gasteiger partial charge is 0.134 e. The monoisotopic (exact) mass is 290 g/mol. The molecule has 0 fully saturated rings. The van der Waals surface area contributed by atoms with E-state index in [-0.39, 0.29) is 0 Å². The van der Waals surface area contributed by atoms with Crippen LogP contribution in [0.1, 0.15) is 30.4 Å². The van der Waals surface area contributed by atoms with Crippen LogP contribution in [-0.4, -0.2) is 18.8 Å². The SMILES string of the molecule is CCCOc1ccc(CNC)c(OCc2cc(C)on2)c1. The van der Waals surface area contributed by atoms with E-state index in [4.69, 9.17) is 14.0 Å². The fourth-order valence-corrected chi connectivity index (χ4v) is 1.95. The fraction of sp³-hybridized carbons (Fsp3) is 0.438.